The van der Waals surface area contributed by atoms with Gasteiger partial charge in [0.15, 0.2) is 0 Å². The van der Waals surface area contributed by atoms with Gasteiger partial charge in [0.25, 0.3) is 0 Å². The van der Waals surface area contributed by atoms with Gasteiger partial charge < -0.3 is 10.5 Å². The smallest absolute Gasteiger partial charge is 0.0594 e. The number of ether oxygens (including phenoxy) is 1. The van der Waals surface area contributed by atoms with Crippen LogP contribution < -0.4 is 5.73 Å². The third kappa shape index (κ3) is 3.34. The highest BCUT2D eigenvalue weighted by Gasteiger charge is 2.28. The third-order valence-electron chi connectivity index (χ3n) is 4.28. The molecule has 2 aliphatic heterocycles. The Bertz CT molecular complexity index is 462. The molecule has 0 bridgehead atoms. The van der Waals surface area contributed by atoms with Crippen molar-refractivity contribution in [2.75, 3.05) is 45.1 Å². The Labute approximate surface area is 129 Å². The number of hydrogen-bond donors (Lipinski definition) is 1. The first-order valence-corrected chi connectivity index (χ1v) is 8.10. The zero-order valence-corrected chi connectivity index (χ0v) is 13.3. The molecule has 2 fully saturated rings. The van der Waals surface area contributed by atoms with E-state index in [1.165, 1.54) is 18.5 Å². The average Bonchev–Trinajstić information content (AvgIpc) is 2.92. The van der Waals surface area contributed by atoms with Crippen molar-refractivity contribution in [1.82, 2.24) is 9.80 Å². The summed E-state index contributed by atoms with van der Waals surface area (Å²) in [5.41, 5.74) is 8.08. The summed E-state index contributed by atoms with van der Waals surface area (Å²) in [4.78, 5) is 5.11. The molecule has 2 saturated heterocycles. The van der Waals surface area contributed by atoms with E-state index in [1.54, 1.807) is 0 Å². The summed E-state index contributed by atoms with van der Waals surface area (Å²) in [6.07, 6.45) is 1.27. The second kappa shape index (κ2) is 6.43. The fourth-order valence-corrected chi connectivity index (χ4v) is 3.39. The second-order valence-electron chi connectivity index (χ2n) is 5.68. The number of morpholine rings is 1. The quantitative estimate of drug-likeness (QED) is 0.854. The minimum Gasteiger partial charge on any atom is -0.398 e. The van der Waals surface area contributed by atoms with Gasteiger partial charge in [0, 0.05) is 48.9 Å². The Balaban J connectivity index is 1.55. The van der Waals surface area contributed by atoms with Crippen molar-refractivity contribution in [3.05, 3.63) is 28.2 Å². The van der Waals surface area contributed by atoms with Crippen LogP contribution >= 0.6 is 15.9 Å². The van der Waals surface area contributed by atoms with Crippen molar-refractivity contribution in [2.24, 2.45) is 0 Å². The van der Waals surface area contributed by atoms with Gasteiger partial charge in [-0.05, 0) is 40.0 Å². The van der Waals surface area contributed by atoms with Crippen LogP contribution in [0.4, 0.5) is 5.69 Å². The molecule has 0 saturated carbocycles. The van der Waals surface area contributed by atoms with Gasteiger partial charge in [-0.15, -0.1) is 0 Å². The number of nitrogens with zero attached hydrogens (tertiary/aromatic N) is 2. The van der Waals surface area contributed by atoms with Gasteiger partial charge >= 0.3 is 0 Å². The van der Waals surface area contributed by atoms with Gasteiger partial charge in [0.1, 0.15) is 0 Å². The first-order valence-electron chi connectivity index (χ1n) is 7.30. The van der Waals surface area contributed by atoms with Crippen LogP contribution in [0.1, 0.15) is 12.0 Å². The van der Waals surface area contributed by atoms with E-state index >= 15 is 0 Å². The van der Waals surface area contributed by atoms with Crippen LogP contribution in [-0.4, -0.2) is 55.2 Å². The molecular weight excluding hydrogens is 318 g/mol. The zero-order chi connectivity index (χ0) is 13.9. The number of nitrogen functional groups attached to an aromatic ring is 1. The van der Waals surface area contributed by atoms with E-state index < -0.39 is 0 Å². The summed E-state index contributed by atoms with van der Waals surface area (Å²) < 4.78 is 6.41. The van der Waals surface area contributed by atoms with E-state index in [1.807, 2.05) is 6.07 Å². The fraction of sp³-hybridized carbons (Fsp3) is 0.600. The molecule has 2 heterocycles. The SMILES string of the molecule is Nc1cc(CN2CCC(N3CCOCC3)C2)ccc1Br. The Hall–Kier alpha value is -0.620. The van der Waals surface area contributed by atoms with Crippen molar-refractivity contribution < 1.29 is 4.74 Å². The number of nitrogens with two attached hydrogens (primary N) is 1. The second-order valence-corrected chi connectivity index (χ2v) is 6.54. The minimum absolute atomic E-state index is 0.701. The Morgan fingerprint density at radius 3 is 2.80 bits per heavy atom. The summed E-state index contributed by atoms with van der Waals surface area (Å²) in [5.74, 6) is 0. The van der Waals surface area contributed by atoms with Gasteiger partial charge in [-0.25, -0.2) is 0 Å². The molecule has 3 rings (SSSR count). The molecule has 2 N–H and O–H groups in total. The summed E-state index contributed by atoms with van der Waals surface area (Å²) >= 11 is 3.45. The van der Waals surface area contributed by atoms with Crippen LogP contribution in [-0.2, 0) is 11.3 Å². The molecule has 1 unspecified atom stereocenters. The van der Waals surface area contributed by atoms with Crippen molar-refractivity contribution in [2.45, 2.75) is 19.0 Å². The summed E-state index contributed by atoms with van der Waals surface area (Å²) in [6.45, 7) is 7.29. The largest absolute Gasteiger partial charge is 0.398 e. The summed E-state index contributed by atoms with van der Waals surface area (Å²) in [5, 5.41) is 0. The lowest BCUT2D eigenvalue weighted by Gasteiger charge is -2.32. The normalized spacial score (nSPS) is 25.1. The predicted molar refractivity (Wildman–Crippen MR) is 84.6 cm³/mol. The molecule has 0 aliphatic carbocycles. The van der Waals surface area contributed by atoms with Gasteiger partial charge in [0.2, 0.25) is 0 Å². The highest BCUT2D eigenvalue weighted by Crippen LogP contribution is 2.23. The lowest BCUT2D eigenvalue weighted by atomic mass is 10.2. The standard InChI is InChI=1S/C15H22BrN3O/c16-14-2-1-12(9-15(14)17)10-18-4-3-13(11-18)19-5-7-20-8-6-19/h1-2,9,13H,3-8,10-11,17H2. The lowest BCUT2D eigenvalue weighted by molar-refractivity contribution is 0.0184. The van der Waals surface area contributed by atoms with Crippen molar-refractivity contribution in [1.29, 1.82) is 0 Å². The number of likely N-dealkylation sites (tertiary alicyclic amines) is 1. The fourth-order valence-electron chi connectivity index (χ4n) is 3.15. The van der Waals surface area contributed by atoms with E-state index in [9.17, 15) is 0 Å². The van der Waals surface area contributed by atoms with E-state index in [2.05, 4.69) is 37.9 Å². The lowest BCUT2D eigenvalue weighted by Crippen LogP contribution is -2.44. The van der Waals surface area contributed by atoms with E-state index in [0.717, 1.165) is 49.6 Å². The molecule has 0 radical (unpaired) electrons. The van der Waals surface area contributed by atoms with Gasteiger partial charge in [-0.3, -0.25) is 9.80 Å². The number of anilines is 1. The molecule has 2 aliphatic rings. The first kappa shape index (κ1) is 14.3. The van der Waals surface area contributed by atoms with Crippen molar-refractivity contribution in [3.63, 3.8) is 0 Å². The van der Waals surface area contributed by atoms with Gasteiger partial charge in [0.05, 0.1) is 13.2 Å². The molecule has 0 amide bonds. The van der Waals surface area contributed by atoms with E-state index in [-0.39, 0.29) is 0 Å². The molecule has 1 aromatic rings. The van der Waals surface area contributed by atoms with Crippen LogP contribution in [0.25, 0.3) is 0 Å². The highest BCUT2D eigenvalue weighted by molar-refractivity contribution is 9.10. The monoisotopic (exact) mass is 339 g/mol. The van der Waals surface area contributed by atoms with Crippen LogP contribution in [0, 0.1) is 0 Å². The van der Waals surface area contributed by atoms with Gasteiger partial charge in [-0.2, -0.15) is 0 Å². The Morgan fingerprint density at radius 1 is 1.25 bits per heavy atom. The maximum atomic E-state index is 5.95. The Morgan fingerprint density at radius 2 is 2.05 bits per heavy atom. The number of halogens is 1. The molecule has 20 heavy (non-hydrogen) atoms. The van der Waals surface area contributed by atoms with E-state index in [4.69, 9.17) is 10.5 Å². The van der Waals surface area contributed by atoms with Crippen LogP contribution in [0.3, 0.4) is 0 Å². The van der Waals surface area contributed by atoms with Crippen molar-refractivity contribution in [3.8, 4) is 0 Å². The van der Waals surface area contributed by atoms with Crippen LogP contribution in [0.2, 0.25) is 0 Å². The zero-order valence-electron chi connectivity index (χ0n) is 11.7. The topological polar surface area (TPSA) is 41.7 Å². The molecule has 1 atom stereocenters. The maximum absolute atomic E-state index is 5.95. The van der Waals surface area contributed by atoms with Crippen molar-refractivity contribution >= 4 is 21.6 Å². The van der Waals surface area contributed by atoms with Crippen LogP contribution in [0.15, 0.2) is 22.7 Å². The van der Waals surface area contributed by atoms with Crippen LogP contribution in [0.5, 0.6) is 0 Å². The molecule has 1 aromatic carbocycles. The molecule has 0 spiro atoms. The number of rotatable bonds is 3. The van der Waals surface area contributed by atoms with Gasteiger partial charge in [-0.1, -0.05) is 6.07 Å². The number of hydrogen-bond acceptors (Lipinski definition) is 4. The molecule has 5 heteroatoms. The minimum atomic E-state index is 0.701. The summed E-state index contributed by atoms with van der Waals surface area (Å²) in [7, 11) is 0. The maximum Gasteiger partial charge on any atom is 0.0594 e. The Kier molecular flexibility index (Phi) is 4.61. The van der Waals surface area contributed by atoms with E-state index in [0.29, 0.717) is 6.04 Å². The molecule has 4 nitrogen and oxygen atoms in total. The summed E-state index contributed by atoms with van der Waals surface area (Å²) in [6, 6.07) is 6.97. The average molecular weight is 340 g/mol. The highest BCUT2D eigenvalue weighted by atomic mass is 79.9. The molecular formula is C15H22BrN3O. The third-order valence-corrected chi connectivity index (χ3v) is 5.00. The first-order chi connectivity index (χ1) is 9.72. The number of benzene rings is 1. The predicted octanol–water partition coefficient (Wildman–Crippen LogP) is 1.94. The molecule has 0 aromatic heterocycles. The molecule has 110 valence electrons.